The summed E-state index contributed by atoms with van der Waals surface area (Å²) in [5, 5.41) is 10.5. The molecule has 1 saturated heterocycles. The summed E-state index contributed by atoms with van der Waals surface area (Å²) in [4.78, 5) is 14.1. The van der Waals surface area contributed by atoms with Gasteiger partial charge in [0.05, 0.1) is 11.6 Å². The number of H-pyrrole nitrogens is 1. The van der Waals surface area contributed by atoms with Crippen LogP contribution in [0.25, 0.3) is 11.3 Å². The molecule has 1 fully saturated rings. The molecule has 1 aromatic heterocycles. The number of aromatic nitrogens is 2. The van der Waals surface area contributed by atoms with Crippen molar-refractivity contribution in [2.45, 2.75) is 32.1 Å². The van der Waals surface area contributed by atoms with E-state index in [0.29, 0.717) is 0 Å². The molecule has 0 saturated carbocycles. The molecule has 1 aliphatic rings. The Morgan fingerprint density at radius 2 is 2.19 bits per heavy atom. The summed E-state index contributed by atoms with van der Waals surface area (Å²) in [5.74, 6) is 0.175. The Labute approximate surface area is 154 Å². The molecule has 3 rings (SSSR count). The fourth-order valence-electron chi connectivity index (χ4n) is 3.41. The molecule has 1 unspecified atom stereocenters. The number of carbonyl (C=O) groups is 1. The Balaban J connectivity index is 1.37. The van der Waals surface area contributed by atoms with Crippen LogP contribution < -0.4 is 5.32 Å². The number of benzene rings is 1. The number of unbranched alkanes of at least 4 members (excludes halogenated alkanes) is 2. The fraction of sp³-hybridized carbons (Fsp3) is 0.500. The summed E-state index contributed by atoms with van der Waals surface area (Å²) in [7, 11) is 1.90. The van der Waals surface area contributed by atoms with Crippen molar-refractivity contribution in [1.82, 2.24) is 20.4 Å². The SMILES string of the molecule is CN(CCCCCc1cc(-c2cccc(F)c2)n[nH]1)C(=O)C1CCNC1. The third kappa shape index (κ3) is 4.91. The number of aryl methyl sites for hydroxylation is 1. The van der Waals surface area contributed by atoms with Crippen molar-refractivity contribution in [3.63, 3.8) is 0 Å². The number of carbonyl (C=O) groups excluding carboxylic acids is 1. The molecule has 1 amide bonds. The van der Waals surface area contributed by atoms with Gasteiger partial charge in [-0.25, -0.2) is 4.39 Å². The summed E-state index contributed by atoms with van der Waals surface area (Å²) in [6, 6.07) is 8.46. The molecule has 5 nitrogen and oxygen atoms in total. The molecule has 2 heterocycles. The quantitative estimate of drug-likeness (QED) is 0.713. The number of hydrogen-bond donors (Lipinski definition) is 2. The monoisotopic (exact) mass is 358 g/mol. The minimum Gasteiger partial charge on any atom is -0.345 e. The van der Waals surface area contributed by atoms with E-state index in [1.54, 1.807) is 6.07 Å². The zero-order valence-corrected chi connectivity index (χ0v) is 15.3. The second kappa shape index (κ2) is 8.94. The summed E-state index contributed by atoms with van der Waals surface area (Å²) < 4.78 is 13.3. The lowest BCUT2D eigenvalue weighted by molar-refractivity contribution is -0.133. The first-order valence-electron chi connectivity index (χ1n) is 9.39. The van der Waals surface area contributed by atoms with Crippen LogP contribution >= 0.6 is 0 Å². The van der Waals surface area contributed by atoms with Gasteiger partial charge in [0.25, 0.3) is 0 Å². The van der Waals surface area contributed by atoms with Crippen LogP contribution in [0.15, 0.2) is 30.3 Å². The number of hydrogen-bond acceptors (Lipinski definition) is 3. The zero-order chi connectivity index (χ0) is 18.4. The predicted octanol–water partition coefficient (Wildman–Crippen LogP) is 3.00. The molecule has 1 atom stereocenters. The molecule has 1 aromatic carbocycles. The second-order valence-electron chi connectivity index (χ2n) is 7.05. The summed E-state index contributed by atoms with van der Waals surface area (Å²) in [6.07, 6.45) is 4.98. The largest absolute Gasteiger partial charge is 0.345 e. The van der Waals surface area contributed by atoms with Gasteiger partial charge in [0, 0.05) is 31.4 Å². The Morgan fingerprint density at radius 1 is 1.31 bits per heavy atom. The molecule has 140 valence electrons. The minimum absolute atomic E-state index is 0.159. The van der Waals surface area contributed by atoms with Crippen molar-refractivity contribution in [3.05, 3.63) is 41.8 Å². The van der Waals surface area contributed by atoms with Crippen LogP contribution in [0.4, 0.5) is 4.39 Å². The van der Waals surface area contributed by atoms with Gasteiger partial charge in [-0.05, 0) is 50.4 Å². The maximum atomic E-state index is 13.3. The maximum Gasteiger partial charge on any atom is 0.226 e. The van der Waals surface area contributed by atoms with Gasteiger partial charge in [-0.3, -0.25) is 9.89 Å². The van der Waals surface area contributed by atoms with Crippen LogP contribution in [0.2, 0.25) is 0 Å². The van der Waals surface area contributed by atoms with E-state index < -0.39 is 0 Å². The highest BCUT2D eigenvalue weighted by molar-refractivity contribution is 5.79. The zero-order valence-electron chi connectivity index (χ0n) is 15.3. The molecular weight excluding hydrogens is 331 g/mol. The molecule has 6 heteroatoms. The van der Waals surface area contributed by atoms with E-state index in [9.17, 15) is 9.18 Å². The third-order valence-electron chi connectivity index (χ3n) is 4.98. The molecule has 0 bridgehead atoms. The molecule has 2 N–H and O–H groups in total. The highest BCUT2D eigenvalue weighted by Crippen LogP contribution is 2.19. The molecule has 0 aliphatic carbocycles. The van der Waals surface area contributed by atoms with Crippen molar-refractivity contribution >= 4 is 5.91 Å². The molecule has 0 radical (unpaired) electrons. The highest BCUT2D eigenvalue weighted by atomic mass is 19.1. The number of halogens is 1. The lowest BCUT2D eigenvalue weighted by Crippen LogP contribution is -2.34. The fourth-order valence-corrected chi connectivity index (χ4v) is 3.41. The predicted molar refractivity (Wildman–Crippen MR) is 100 cm³/mol. The third-order valence-corrected chi connectivity index (χ3v) is 4.98. The molecule has 0 spiro atoms. The maximum absolute atomic E-state index is 13.3. The van der Waals surface area contributed by atoms with Gasteiger partial charge in [0.15, 0.2) is 0 Å². The Bertz CT molecular complexity index is 724. The van der Waals surface area contributed by atoms with Crippen LogP contribution in [-0.2, 0) is 11.2 Å². The van der Waals surface area contributed by atoms with Gasteiger partial charge in [0.2, 0.25) is 5.91 Å². The van der Waals surface area contributed by atoms with Crippen LogP contribution in [0.5, 0.6) is 0 Å². The molecule has 1 aliphatic heterocycles. The standard InChI is InChI=1S/C20H27FN4O/c1-25(20(26)16-9-10-22-14-16)11-4-2-3-8-18-13-19(24-23-18)15-6-5-7-17(21)12-15/h5-7,12-13,16,22H,2-4,8-11,14H2,1H3,(H,23,24). The average Bonchev–Trinajstić information content (AvgIpc) is 3.32. The van der Waals surface area contributed by atoms with Crippen molar-refractivity contribution in [2.24, 2.45) is 5.92 Å². The van der Waals surface area contributed by atoms with E-state index in [-0.39, 0.29) is 17.6 Å². The molecule has 2 aromatic rings. The topological polar surface area (TPSA) is 61.0 Å². The molecular formula is C20H27FN4O. The smallest absolute Gasteiger partial charge is 0.226 e. The normalized spacial score (nSPS) is 16.8. The number of nitrogens with zero attached hydrogens (tertiary/aromatic N) is 2. The Hall–Kier alpha value is -2.21. The van der Waals surface area contributed by atoms with Crippen molar-refractivity contribution in [2.75, 3.05) is 26.7 Å². The minimum atomic E-state index is -0.251. The first-order valence-corrected chi connectivity index (χ1v) is 9.39. The summed E-state index contributed by atoms with van der Waals surface area (Å²) in [5.41, 5.74) is 2.62. The second-order valence-corrected chi connectivity index (χ2v) is 7.05. The van der Waals surface area contributed by atoms with Crippen LogP contribution in [0.1, 0.15) is 31.4 Å². The molecule has 26 heavy (non-hydrogen) atoms. The van der Waals surface area contributed by atoms with E-state index >= 15 is 0 Å². The average molecular weight is 358 g/mol. The van der Waals surface area contributed by atoms with Gasteiger partial charge < -0.3 is 10.2 Å². The highest BCUT2D eigenvalue weighted by Gasteiger charge is 2.24. The first kappa shape index (κ1) is 18.6. The van der Waals surface area contributed by atoms with Gasteiger partial charge in [-0.1, -0.05) is 18.6 Å². The first-order chi connectivity index (χ1) is 12.6. The van der Waals surface area contributed by atoms with Gasteiger partial charge >= 0.3 is 0 Å². The van der Waals surface area contributed by atoms with E-state index in [0.717, 1.165) is 68.7 Å². The number of rotatable bonds is 8. The Morgan fingerprint density at radius 3 is 2.96 bits per heavy atom. The van der Waals surface area contributed by atoms with Crippen molar-refractivity contribution in [3.8, 4) is 11.3 Å². The number of aromatic amines is 1. The Kier molecular flexibility index (Phi) is 6.39. The van der Waals surface area contributed by atoms with Crippen LogP contribution in [0, 0.1) is 11.7 Å². The van der Waals surface area contributed by atoms with Crippen molar-refractivity contribution < 1.29 is 9.18 Å². The number of amides is 1. The summed E-state index contributed by atoms with van der Waals surface area (Å²) in [6.45, 7) is 2.58. The van der Waals surface area contributed by atoms with E-state index in [4.69, 9.17) is 0 Å². The van der Waals surface area contributed by atoms with Gasteiger partial charge in [-0.2, -0.15) is 5.10 Å². The van der Waals surface area contributed by atoms with Crippen molar-refractivity contribution in [1.29, 1.82) is 0 Å². The summed E-state index contributed by atoms with van der Waals surface area (Å²) >= 11 is 0. The van der Waals surface area contributed by atoms with E-state index in [1.807, 2.05) is 24.1 Å². The lowest BCUT2D eigenvalue weighted by Gasteiger charge is -2.20. The van der Waals surface area contributed by atoms with Gasteiger partial charge in [0.1, 0.15) is 5.82 Å². The van der Waals surface area contributed by atoms with E-state index in [1.165, 1.54) is 12.1 Å². The van der Waals surface area contributed by atoms with Crippen LogP contribution in [-0.4, -0.2) is 47.7 Å². The number of nitrogens with one attached hydrogen (secondary N) is 2. The lowest BCUT2D eigenvalue weighted by atomic mass is 10.1. The van der Waals surface area contributed by atoms with E-state index in [2.05, 4.69) is 15.5 Å². The van der Waals surface area contributed by atoms with Crippen LogP contribution in [0.3, 0.4) is 0 Å². The van der Waals surface area contributed by atoms with Gasteiger partial charge in [-0.15, -0.1) is 0 Å².